The van der Waals surface area contributed by atoms with Gasteiger partial charge in [0.25, 0.3) is 5.91 Å². The first-order chi connectivity index (χ1) is 10.1. The summed E-state index contributed by atoms with van der Waals surface area (Å²) in [7, 11) is 0. The van der Waals surface area contributed by atoms with Crippen LogP contribution in [0.15, 0.2) is 12.3 Å². The summed E-state index contributed by atoms with van der Waals surface area (Å²) in [5, 5.41) is 2.82. The summed E-state index contributed by atoms with van der Waals surface area (Å²) in [5.41, 5.74) is 7.08. The van der Waals surface area contributed by atoms with Crippen molar-refractivity contribution in [3.05, 3.63) is 18.0 Å². The zero-order valence-corrected chi connectivity index (χ0v) is 12.2. The fraction of sp³-hybridized carbons (Fsp3) is 0.571. The van der Waals surface area contributed by atoms with Crippen LogP contribution in [0.2, 0.25) is 0 Å². The van der Waals surface area contributed by atoms with Gasteiger partial charge in [0, 0.05) is 38.9 Å². The molecule has 21 heavy (non-hydrogen) atoms. The minimum Gasteiger partial charge on any atom is -0.397 e. The average molecular weight is 291 g/mol. The summed E-state index contributed by atoms with van der Waals surface area (Å²) in [5.74, 6) is -0.000788. The molecule has 1 atom stereocenters. The number of aromatic nitrogens is 1. The van der Waals surface area contributed by atoms with Crippen LogP contribution in [-0.2, 0) is 6.54 Å². The van der Waals surface area contributed by atoms with Crippen molar-refractivity contribution in [2.75, 3.05) is 31.9 Å². The molecule has 0 spiro atoms. The van der Waals surface area contributed by atoms with Crippen LogP contribution in [0.3, 0.4) is 0 Å². The highest BCUT2D eigenvalue weighted by Gasteiger charge is 2.37. The van der Waals surface area contributed by atoms with Gasteiger partial charge >= 0.3 is 6.03 Å². The maximum absolute atomic E-state index is 12.7. The summed E-state index contributed by atoms with van der Waals surface area (Å²) in [4.78, 5) is 27.9. The predicted octanol–water partition coefficient (Wildman–Crippen LogP) is 0.330. The molecule has 0 aromatic carbocycles. The number of aryl methyl sites for hydroxylation is 1. The van der Waals surface area contributed by atoms with E-state index in [0.717, 1.165) is 13.0 Å². The van der Waals surface area contributed by atoms with Gasteiger partial charge < -0.3 is 25.4 Å². The molecule has 7 nitrogen and oxygen atoms in total. The van der Waals surface area contributed by atoms with Gasteiger partial charge in [-0.25, -0.2) is 4.79 Å². The van der Waals surface area contributed by atoms with Gasteiger partial charge in [-0.05, 0) is 12.5 Å². The van der Waals surface area contributed by atoms with Crippen molar-refractivity contribution in [1.82, 2.24) is 19.7 Å². The third-order valence-electron chi connectivity index (χ3n) is 4.12. The lowest BCUT2D eigenvalue weighted by Crippen LogP contribution is -2.54. The first kappa shape index (κ1) is 13.8. The number of carbonyl (C=O) groups excluding carboxylic acids is 2. The number of piperazine rings is 1. The van der Waals surface area contributed by atoms with E-state index in [1.165, 1.54) is 0 Å². The second-order valence-corrected chi connectivity index (χ2v) is 5.64. The topological polar surface area (TPSA) is 83.6 Å². The normalized spacial score (nSPS) is 21.4. The van der Waals surface area contributed by atoms with Crippen molar-refractivity contribution in [2.45, 2.75) is 25.9 Å². The maximum atomic E-state index is 12.7. The molecule has 1 unspecified atom stereocenters. The molecule has 2 aliphatic heterocycles. The van der Waals surface area contributed by atoms with Crippen molar-refractivity contribution in [3.8, 4) is 0 Å². The summed E-state index contributed by atoms with van der Waals surface area (Å²) >= 11 is 0. The number of hydrogen-bond acceptors (Lipinski definition) is 3. The van der Waals surface area contributed by atoms with Crippen LogP contribution in [0.1, 0.15) is 23.8 Å². The average Bonchev–Trinajstić information content (AvgIpc) is 3.02. The van der Waals surface area contributed by atoms with E-state index in [2.05, 4.69) is 12.2 Å². The van der Waals surface area contributed by atoms with Crippen molar-refractivity contribution in [1.29, 1.82) is 0 Å². The Morgan fingerprint density at radius 3 is 3.05 bits per heavy atom. The molecular formula is C14H21N5O2. The molecule has 3 amide bonds. The summed E-state index contributed by atoms with van der Waals surface area (Å²) in [6.45, 7) is 5.20. The smallest absolute Gasteiger partial charge is 0.317 e. The second kappa shape index (κ2) is 5.31. The van der Waals surface area contributed by atoms with E-state index in [9.17, 15) is 9.59 Å². The number of nitrogens with zero attached hydrogens (tertiary/aromatic N) is 3. The third kappa shape index (κ3) is 2.43. The molecule has 0 bridgehead atoms. The van der Waals surface area contributed by atoms with E-state index in [0.29, 0.717) is 37.6 Å². The molecule has 2 saturated heterocycles. The SMILES string of the molecule is CCCn1cc(N)cc1C(=O)N1CCN2C(=O)NCC2C1. The molecule has 3 rings (SSSR count). The molecule has 2 aliphatic rings. The predicted molar refractivity (Wildman–Crippen MR) is 78.9 cm³/mol. The third-order valence-corrected chi connectivity index (χ3v) is 4.12. The standard InChI is InChI=1S/C14H21N5O2/c1-2-3-17-8-10(15)6-12(17)13(20)18-4-5-19-11(9-18)7-16-14(19)21/h6,8,11H,2-5,7,9,15H2,1H3,(H,16,21). The van der Waals surface area contributed by atoms with Gasteiger partial charge in [-0.3, -0.25) is 4.79 Å². The van der Waals surface area contributed by atoms with Gasteiger partial charge in [0.15, 0.2) is 0 Å². The molecule has 1 aromatic heterocycles. The Bertz CT molecular complexity index is 568. The van der Waals surface area contributed by atoms with E-state index >= 15 is 0 Å². The van der Waals surface area contributed by atoms with Gasteiger partial charge in [0.1, 0.15) is 5.69 Å². The number of anilines is 1. The van der Waals surface area contributed by atoms with E-state index in [1.807, 2.05) is 20.6 Å². The molecule has 0 radical (unpaired) electrons. The van der Waals surface area contributed by atoms with E-state index in [-0.39, 0.29) is 18.0 Å². The quantitative estimate of drug-likeness (QED) is 0.842. The highest BCUT2D eigenvalue weighted by atomic mass is 16.2. The van der Waals surface area contributed by atoms with E-state index < -0.39 is 0 Å². The van der Waals surface area contributed by atoms with Crippen LogP contribution in [0, 0.1) is 0 Å². The van der Waals surface area contributed by atoms with E-state index in [4.69, 9.17) is 5.73 Å². The summed E-state index contributed by atoms with van der Waals surface area (Å²) in [6.07, 6.45) is 2.76. The first-order valence-electron chi connectivity index (χ1n) is 7.39. The zero-order valence-electron chi connectivity index (χ0n) is 12.2. The van der Waals surface area contributed by atoms with Crippen molar-refractivity contribution in [3.63, 3.8) is 0 Å². The highest BCUT2D eigenvalue weighted by molar-refractivity contribution is 5.94. The lowest BCUT2D eigenvalue weighted by Gasteiger charge is -2.36. The van der Waals surface area contributed by atoms with Crippen molar-refractivity contribution < 1.29 is 9.59 Å². The highest BCUT2D eigenvalue weighted by Crippen LogP contribution is 2.19. The molecule has 1 aromatic rings. The van der Waals surface area contributed by atoms with Gasteiger partial charge in [0.2, 0.25) is 0 Å². The van der Waals surface area contributed by atoms with Crippen LogP contribution in [0.5, 0.6) is 0 Å². The second-order valence-electron chi connectivity index (χ2n) is 5.64. The monoisotopic (exact) mass is 291 g/mol. The number of nitrogen functional groups attached to an aromatic ring is 1. The molecule has 3 N–H and O–H groups in total. The fourth-order valence-corrected chi connectivity index (χ4v) is 3.09. The van der Waals surface area contributed by atoms with Crippen molar-refractivity contribution in [2.24, 2.45) is 0 Å². The molecule has 3 heterocycles. The molecule has 0 saturated carbocycles. The Hall–Kier alpha value is -2.18. The number of fused-ring (bicyclic) bond motifs is 1. The van der Waals surface area contributed by atoms with Crippen LogP contribution in [-0.4, -0.2) is 58.5 Å². The molecule has 114 valence electrons. The number of carbonyl (C=O) groups is 2. The fourth-order valence-electron chi connectivity index (χ4n) is 3.09. The first-order valence-corrected chi connectivity index (χ1v) is 7.39. The summed E-state index contributed by atoms with van der Waals surface area (Å²) in [6, 6.07) is 1.80. The number of nitrogens with two attached hydrogens (primary N) is 1. The van der Waals surface area contributed by atoms with Crippen LogP contribution < -0.4 is 11.1 Å². The Morgan fingerprint density at radius 2 is 2.29 bits per heavy atom. The van der Waals surface area contributed by atoms with Crippen LogP contribution >= 0.6 is 0 Å². The number of hydrogen-bond donors (Lipinski definition) is 2. The number of nitrogens with one attached hydrogen (secondary N) is 1. The molecule has 0 aliphatic carbocycles. The number of rotatable bonds is 3. The van der Waals surface area contributed by atoms with Crippen LogP contribution in [0.4, 0.5) is 10.5 Å². The Kier molecular flexibility index (Phi) is 3.48. The number of amides is 3. The van der Waals surface area contributed by atoms with Gasteiger partial charge in [-0.1, -0.05) is 6.92 Å². The van der Waals surface area contributed by atoms with E-state index in [1.54, 1.807) is 6.07 Å². The minimum atomic E-state index is -0.0225. The Morgan fingerprint density at radius 1 is 1.48 bits per heavy atom. The van der Waals surface area contributed by atoms with Crippen LogP contribution in [0.25, 0.3) is 0 Å². The summed E-state index contributed by atoms with van der Waals surface area (Å²) < 4.78 is 1.92. The lowest BCUT2D eigenvalue weighted by molar-refractivity contribution is 0.0606. The van der Waals surface area contributed by atoms with Gasteiger partial charge in [0.05, 0.1) is 11.7 Å². The lowest BCUT2D eigenvalue weighted by atomic mass is 10.2. The van der Waals surface area contributed by atoms with Gasteiger partial charge in [-0.15, -0.1) is 0 Å². The van der Waals surface area contributed by atoms with Gasteiger partial charge in [-0.2, -0.15) is 0 Å². The zero-order chi connectivity index (χ0) is 15.0. The Labute approximate surface area is 123 Å². The number of urea groups is 1. The maximum Gasteiger partial charge on any atom is 0.317 e. The Balaban J connectivity index is 1.75. The molecule has 2 fully saturated rings. The minimum absolute atomic E-state index is 0.000788. The largest absolute Gasteiger partial charge is 0.397 e. The molecule has 7 heteroatoms. The van der Waals surface area contributed by atoms with Crippen molar-refractivity contribution >= 4 is 17.6 Å². The molecular weight excluding hydrogens is 270 g/mol.